The summed E-state index contributed by atoms with van der Waals surface area (Å²) in [5.74, 6) is 0.967. The van der Waals surface area contributed by atoms with Gasteiger partial charge in [0.2, 0.25) is 15.9 Å². The number of para-hydroxylation sites is 1. The molecule has 3 heterocycles. The van der Waals surface area contributed by atoms with Gasteiger partial charge in [0.15, 0.2) is 10.7 Å². The van der Waals surface area contributed by atoms with Gasteiger partial charge in [-0.2, -0.15) is 4.31 Å². The highest BCUT2D eigenvalue weighted by Crippen LogP contribution is 2.31. The molecule has 0 unspecified atom stereocenters. The molecule has 2 aliphatic rings. The summed E-state index contributed by atoms with van der Waals surface area (Å²) in [6, 6.07) is 7.53. The standard InChI is InChI=1S/C25H33N3O5S/c1-3-32-22-10-6-5-9-20(22)11-12-23-24(19(2)26-33-23)34(30,31)28-17-13-21(14-18-28)25(29)27-15-7-4-8-16-27/h5-6,9-12,21H,3-4,7-8,13-18H2,1-2H3/b12-11+. The van der Waals surface area contributed by atoms with Crippen molar-refractivity contribution in [1.82, 2.24) is 14.4 Å². The van der Waals surface area contributed by atoms with Crippen LogP contribution >= 0.6 is 0 Å². The molecule has 1 aromatic heterocycles. The number of piperidine rings is 2. The van der Waals surface area contributed by atoms with Gasteiger partial charge in [-0.15, -0.1) is 0 Å². The Morgan fingerprint density at radius 1 is 1.12 bits per heavy atom. The zero-order chi connectivity index (χ0) is 24.1. The summed E-state index contributed by atoms with van der Waals surface area (Å²) in [4.78, 5) is 14.9. The number of benzene rings is 1. The highest BCUT2D eigenvalue weighted by atomic mass is 32.2. The number of amides is 1. The van der Waals surface area contributed by atoms with Crippen molar-refractivity contribution in [2.24, 2.45) is 5.92 Å². The Morgan fingerprint density at radius 3 is 2.53 bits per heavy atom. The summed E-state index contributed by atoms with van der Waals surface area (Å²) in [5, 5.41) is 3.93. The van der Waals surface area contributed by atoms with Crippen LogP contribution in [-0.2, 0) is 14.8 Å². The van der Waals surface area contributed by atoms with Crippen molar-refractivity contribution in [3.05, 3.63) is 41.3 Å². The van der Waals surface area contributed by atoms with Crippen molar-refractivity contribution >= 4 is 28.1 Å². The number of nitrogens with zero attached hydrogens (tertiary/aromatic N) is 3. The van der Waals surface area contributed by atoms with Crippen molar-refractivity contribution < 1.29 is 22.5 Å². The van der Waals surface area contributed by atoms with E-state index >= 15 is 0 Å². The van der Waals surface area contributed by atoms with Gasteiger partial charge in [0, 0.05) is 37.7 Å². The molecule has 2 saturated heterocycles. The molecule has 1 aromatic carbocycles. The lowest BCUT2D eigenvalue weighted by Crippen LogP contribution is -2.45. The quantitative estimate of drug-likeness (QED) is 0.587. The summed E-state index contributed by atoms with van der Waals surface area (Å²) < 4.78 is 39.5. The van der Waals surface area contributed by atoms with E-state index in [9.17, 15) is 13.2 Å². The number of carbonyl (C=O) groups excluding carboxylic acids is 1. The molecule has 184 valence electrons. The maximum atomic E-state index is 13.5. The largest absolute Gasteiger partial charge is 0.493 e. The molecule has 2 aliphatic heterocycles. The Kier molecular flexibility index (Phi) is 7.73. The third-order valence-electron chi connectivity index (χ3n) is 6.54. The van der Waals surface area contributed by atoms with Crippen LogP contribution in [0.5, 0.6) is 5.75 Å². The Labute approximate surface area is 201 Å². The summed E-state index contributed by atoms with van der Waals surface area (Å²) in [6.45, 7) is 6.34. The molecule has 34 heavy (non-hydrogen) atoms. The van der Waals surface area contributed by atoms with Crippen LogP contribution in [0.2, 0.25) is 0 Å². The number of sulfonamides is 1. The number of likely N-dealkylation sites (tertiary alicyclic amines) is 1. The van der Waals surface area contributed by atoms with Gasteiger partial charge < -0.3 is 14.2 Å². The van der Waals surface area contributed by atoms with E-state index in [4.69, 9.17) is 9.26 Å². The fourth-order valence-electron chi connectivity index (χ4n) is 4.71. The maximum absolute atomic E-state index is 13.5. The van der Waals surface area contributed by atoms with Gasteiger partial charge in [-0.1, -0.05) is 23.4 Å². The van der Waals surface area contributed by atoms with Crippen molar-refractivity contribution in [1.29, 1.82) is 0 Å². The van der Waals surface area contributed by atoms with Crippen LogP contribution in [0.1, 0.15) is 56.0 Å². The minimum Gasteiger partial charge on any atom is -0.493 e. The number of hydrogen-bond donors (Lipinski definition) is 0. The smallest absolute Gasteiger partial charge is 0.248 e. The van der Waals surface area contributed by atoms with E-state index in [0.29, 0.717) is 44.0 Å². The Balaban J connectivity index is 1.48. The molecule has 1 amide bonds. The van der Waals surface area contributed by atoms with Crippen molar-refractivity contribution in [3.8, 4) is 5.75 Å². The fourth-order valence-corrected chi connectivity index (χ4v) is 6.43. The van der Waals surface area contributed by atoms with E-state index < -0.39 is 10.0 Å². The maximum Gasteiger partial charge on any atom is 0.248 e. The highest BCUT2D eigenvalue weighted by Gasteiger charge is 2.37. The summed E-state index contributed by atoms with van der Waals surface area (Å²) >= 11 is 0. The van der Waals surface area contributed by atoms with Crippen molar-refractivity contribution in [3.63, 3.8) is 0 Å². The van der Waals surface area contributed by atoms with Gasteiger partial charge in [-0.05, 0) is 64.2 Å². The first kappa shape index (κ1) is 24.5. The monoisotopic (exact) mass is 487 g/mol. The zero-order valence-corrected chi connectivity index (χ0v) is 20.7. The molecule has 2 aromatic rings. The van der Waals surface area contributed by atoms with Gasteiger partial charge in [0.25, 0.3) is 0 Å². The highest BCUT2D eigenvalue weighted by molar-refractivity contribution is 7.89. The molecule has 0 radical (unpaired) electrons. The van der Waals surface area contributed by atoms with E-state index in [1.165, 1.54) is 10.7 Å². The summed E-state index contributed by atoms with van der Waals surface area (Å²) in [6.07, 6.45) is 7.74. The van der Waals surface area contributed by atoms with Crippen LogP contribution in [0.4, 0.5) is 0 Å². The van der Waals surface area contributed by atoms with Crippen molar-refractivity contribution in [2.45, 2.75) is 50.8 Å². The van der Waals surface area contributed by atoms with Crippen LogP contribution in [0, 0.1) is 12.8 Å². The predicted molar refractivity (Wildman–Crippen MR) is 130 cm³/mol. The molecule has 4 rings (SSSR count). The molecule has 0 spiro atoms. The first-order valence-corrected chi connectivity index (χ1v) is 13.5. The zero-order valence-electron chi connectivity index (χ0n) is 19.9. The minimum absolute atomic E-state index is 0.0819. The van der Waals surface area contributed by atoms with Crippen LogP contribution < -0.4 is 4.74 Å². The third kappa shape index (κ3) is 5.20. The molecule has 9 heteroatoms. The minimum atomic E-state index is -3.81. The lowest BCUT2D eigenvalue weighted by molar-refractivity contribution is -0.137. The molecule has 0 aliphatic carbocycles. The Morgan fingerprint density at radius 2 is 1.82 bits per heavy atom. The molecule has 0 N–H and O–H groups in total. The Hall–Kier alpha value is -2.65. The number of aryl methyl sites for hydroxylation is 1. The first-order valence-electron chi connectivity index (χ1n) is 12.1. The second kappa shape index (κ2) is 10.7. The van der Waals surface area contributed by atoms with E-state index in [-0.39, 0.29) is 22.5 Å². The summed E-state index contributed by atoms with van der Waals surface area (Å²) in [5.41, 5.74) is 1.14. The van der Waals surface area contributed by atoms with Gasteiger partial charge in [0.1, 0.15) is 11.4 Å². The molecular weight excluding hydrogens is 454 g/mol. The average molecular weight is 488 g/mol. The van der Waals surface area contributed by atoms with E-state index in [1.807, 2.05) is 36.1 Å². The number of ether oxygens (including phenoxy) is 1. The SMILES string of the molecule is CCOc1ccccc1/C=C/c1onc(C)c1S(=O)(=O)N1CCC(C(=O)N2CCCCC2)CC1. The van der Waals surface area contributed by atoms with Crippen LogP contribution in [0.15, 0.2) is 33.7 Å². The van der Waals surface area contributed by atoms with Gasteiger partial charge >= 0.3 is 0 Å². The lowest BCUT2D eigenvalue weighted by Gasteiger charge is -2.35. The second-order valence-corrected chi connectivity index (χ2v) is 10.7. The molecule has 0 bridgehead atoms. The van der Waals surface area contributed by atoms with Gasteiger partial charge in [0.05, 0.1) is 6.61 Å². The van der Waals surface area contributed by atoms with Crippen molar-refractivity contribution in [2.75, 3.05) is 32.8 Å². The normalized spacial score (nSPS) is 18.5. The van der Waals surface area contributed by atoms with Gasteiger partial charge in [-0.25, -0.2) is 8.42 Å². The number of aromatic nitrogens is 1. The van der Waals surface area contributed by atoms with E-state index in [1.54, 1.807) is 19.1 Å². The molecule has 8 nitrogen and oxygen atoms in total. The predicted octanol–water partition coefficient (Wildman–Crippen LogP) is 3.97. The van der Waals surface area contributed by atoms with E-state index in [0.717, 1.165) is 31.5 Å². The second-order valence-electron chi connectivity index (χ2n) is 8.83. The fraction of sp³-hybridized carbons (Fsp3) is 0.520. The van der Waals surface area contributed by atoms with Crippen LogP contribution in [0.3, 0.4) is 0 Å². The first-order chi connectivity index (χ1) is 16.4. The number of carbonyl (C=O) groups is 1. The number of rotatable bonds is 7. The van der Waals surface area contributed by atoms with Crippen LogP contribution in [0.25, 0.3) is 12.2 Å². The number of hydrogen-bond acceptors (Lipinski definition) is 6. The summed E-state index contributed by atoms with van der Waals surface area (Å²) in [7, 11) is -3.81. The lowest BCUT2D eigenvalue weighted by atomic mass is 9.95. The van der Waals surface area contributed by atoms with Crippen LogP contribution in [-0.4, -0.2) is 61.5 Å². The Bertz CT molecular complexity index is 1130. The molecular formula is C25H33N3O5S. The topological polar surface area (TPSA) is 93.0 Å². The third-order valence-corrected chi connectivity index (χ3v) is 8.59. The molecule has 2 fully saturated rings. The molecule has 0 saturated carbocycles. The average Bonchev–Trinajstić information content (AvgIpc) is 3.25. The molecule has 0 atom stereocenters. The van der Waals surface area contributed by atoms with Gasteiger partial charge in [-0.3, -0.25) is 4.79 Å². The van der Waals surface area contributed by atoms with E-state index in [2.05, 4.69) is 5.16 Å².